The Kier molecular flexibility index (Phi) is 6.05. The number of amides is 1. The van der Waals surface area contributed by atoms with Gasteiger partial charge in [0.2, 0.25) is 5.91 Å². The quantitative estimate of drug-likeness (QED) is 0.683. The van der Waals surface area contributed by atoms with Crippen LogP contribution in [0.3, 0.4) is 0 Å². The Balaban J connectivity index is 1.74. The van der Waals surface area contributed by atoms with Crippen LogP contribution in [0, 0.1) is 0 Å². The van der Waals surface area contributed by atoms with Crippen LogP contribution >= 0.6 is 0 Å². The molecule has 1 amide bonds. The second-order valence-corrected chi connectivity index (χ2v) is 6.20. The van der Waals surface area contributed by atoms with E-state index < -0.39 is 0 Å². The van der Waals surface area contributed by atoms with E-state index in [-0.39, 0.29) is 11.8 Å². The molecular formula is C23H23NO2. The molecule has 0 saturated heterocycles. The number of hydrogen-bond donors (Lipinski definition) is 1. The standard InChI is InChI=1S/C23H23NO2/c1-26-21-14-12-20(13-15-21)22(19-10-6-3-7-11-19)16-23(25)24-17-18-8-4-2-5-9-18/h2-15,22H,16-17H2,1H3,(H,24,25)/t22-/m0/s1. The van der Waals surface area contributed by atoms with Crippen LogP contribution in [0.2, 0.25) is 0 Å². The molecule has 0 bridgehead atoms. The molecule has 0 aliphatic heterocycles. The summed E-state index contributed by atoms with van der Waals surface area (Å²) in [5.41, 5.74) is 3.33. The van der Waals surface area contributed by atoms with Crippen LogP contribution in [0.15, 0.2) is 84.9 Å². The molecule has 0 fully saturated rings. The molecule has 0 aromatic heterocycles. The van der Waals surface area contributed by atoms with Crippen molar-refractivity contribution in [3.8, 4) is 5.75 Å². The van der Waals surface area contributed by atoms with E-state index >= 15 is 0 Å². The summed E-state index contributed by atoms with van der Waals surface area (Å²) in [6.45, 7) is 0.545. The number of methoxy groups -OCH3 is 1. The van der Waals surface area contributed by atoms with Gasteiger partial charge in [0.25, 0.3) is 0 Å². The number of rotatable bonds is 7. The Morgan fingerprint density at radius 3 is 2.04 bits per heavy atom. The van der Waals surface area contributed by atoms with Gasteiger partial charge in [0, 0.05) is 18.9 Å². The Hall–Kier alpha value is -3.07. The molecule has 0 unspecified atom stereocenters. The summed E-state index contributed by atoms with van der Waals surface area (Å²) in [7, 11) is 1.65. The summed E-state index contributed by atoms with van der Waals surface area (Å²) in [6, 6.07) is 28.0. The number of carbonyl (C=O) groups is 1. The maximum atomic E-state index is 12.6. The second kappa shape index (κ2) is 8.86. The first-order valence-electron chi connectivity index (χ1n) is 8.76. The van der Waals surface area contributed by atoms with Gasteiger partial charge in [0.1, 0.15) is 5.75 Å². The van der Waals surface area contributed by atoms with Gasteiger partial charge >= 0.3 is 0 Å². The van der Waals surface area contributed by atoms with Gasteiger partial charge in [-0.05, 0) is 28.8 Å². The molecule has 3 aromatic rings. The zero-order valence-electron chi connectivity index (χ0n) is 14.9. The van der Waals surface area contributed by atoms with Crippen molar-refractivity contribution >= 4 is 5.91 Å². The van der Waals surface area contributed by atoms with Crippen molar-refractivity contribution in [2.24, 2.45) is 0 Å². The molecule has 3 nitrogen and oxygen atoms in total. The highest BCUT2D eigenvalue weighted by Gasteiger charge is 2.18. The van der Waals surface area contributed by atoms with Crippen LogP contribution in [0.25, 0.3) is 0 Å². The van der Waals surface area contributed by atoms with E-state index in [9.17, 15) is 4.79 Å². The van der Waals surface area contributed by atoms with E-state index in [0.29, 0.717) is 13.0 Å². The fraction of sp³-hybridized carbons (Fsp3) is 0.174. The van der Waals surface area contributed by atoms with Crippen LogP contribution in [0.4, 0.5) is 0 Å². The van der Waals surface area contributed by atoms with Crippen LogP contribution in [-0.4, -0.2) is 13.0 Å². The zero-order chi connectivity index (χ0) is 18.2. The Morgan fingerprint density at radius 1 is 0.846 bits per heavy atom. The molecule has 3 heteroatoms. The fourth-order valence-corrected chi connectivity index (χ4v) is 3.00. The van der Waals surface area contributed by atoms with Crippen LogP contribution < -0.4 is 10.1 Å². The van der Waals surface area contributed by atoms with Crippen molar-refractivity contribution in [2.45, 2.75) is 18.9 Å². The van der Waals surface area contributed by atoms with E-state index in [2.05, 4.69) is 17.4 Å². The molecule has 3 aromatic carbocycles. The van der Waals surface area contributed by atoms with Crippen LogP contribution in [0.5, 0.6) is 5.75 Å². The molecule has 0 aliphatic carbocycles. The maximum absolute atomic E-state index is 12.6. The zero-order valence-corrected chi connectivity index (χ0v) is 14.9. The molecule has 3 rings (SSSR count). The van der Waals surface area contributed by atoms with E-state index in [1.165, 1.54) is 0 Å². The lowest BCUT2D eigenvalue weighted by molar-refractivity contribution is -0.121. The number of benzene rings is 3. The molecule has 0 heterocycles. The highest BCUT2D eigenvalue weighted by molar-refractivity contribution is 5.77. The van der Waals surface area contributed by atoms with Crippen molar-refractivity contribution in [3.05, 3.63) is 102 Å². The summed E-state index contributed by atoms with van der Waals surface area (Å²) in [6.07, 6.45) is 0.406. The minimum absolute atomic E-state index is 0.0119. The van der Waals surface area contributed by atoms with Gasteiger partial charge in [-0.2, -0.15) is 0 Å². The van der Waals surface area contributed by atoms with E-state index in [1.807, 2.05) is 72.8 Å². The molecule has 0 radical (unpaired) electrons. The fourth-order valence-electron chi connectivity index (χ4n) is 3.00. The monoisotopic (exact) mass is 345 g/mol. The molecule has 26 heavy (non-hydrogen) atoms. The Morgan fingerprint density at radius 2 is 1.42 bits per heavy atom. The molecule has 132 valence electrons. The van der Waals surface area contributed by atoms with Crippen molar-refractivity contribution in [1.82, 2.24) is 5.32 Å². The summed E-state index contributed by atoms with van der Waals surface area (Å²) in [5, 5.41) is 3.03. The smallest absolute Gasteiger partial charge is 0.221 e. The van der Waals surface area contributed by atoms with Gasteiger partial charge < -0.3 is 10.1 Å². The first-order valence-corrected chi connectivity index (χ1v) is 8.76. The minimum atomic E-state index is 0.0119. The first-order chi connectivity index (χ1) is 12.8. The average Bonchev–Trinajstić information content (AvgIpc) is 2.72. The van der Waals surface area contributed by atoms with Gasteiger partial charge in [-0.1, -0.05) is 72.8 Å². The lowest BCUT2D eigenvalue weighted by Crippen LogP contribution is -2.25. The molecule has 1 N–H and O–H groups in total. The minimum Gasteiger partial charge on any atom is -0.497 e. The van der Waals surface area contributed by atoms with Crippen molar-refractivity contribution in [3.63, 3.8) is 0 Å². The van der Waals surface area contributed by atoms with Crippen molar-refractivity contribution in [1.29, 1.82) is 0 Å². The van der Waals surface area contributed by atoms with E-state index in [4.69, 9.17) is 4.74 Å². The van der Waals surface area contributed by atoms with Crippen molar-refractivity contribution in [2.75, 3.05) is 7.11 Å². The predicted octanol–water partition coefficient (Wildman–Crippen LogP) is 4.53. The second-order valence-electron chi connectivity index (χ2n) is 6.20. The topological polar surface area (TPSA) is 38.3 Å². The van der Waals surface area contributed by atoms with Gasteiger partial charge in [0.15, 0.2) is 0 Å². The van der Waals surface area contributed by atoms with Gasteiger partial charge in [-0.3, -0.25) is 4.79 Å². The van der Waals surface area contributed by atoms with Crippen LogP contribution in [-0.2, 0) is 11.3 Å². The third-order valence-electron chi connectivity index (χ3n) is 4.44. The maximum Gasteiger partial charge on any atom is 0.221 e. The molecule has 0 spiro atoms. The molecule has 1 atom stereocenters. The summed E-state index contributed by atoms with van der Waals surface area (Å²) in [5.74, 6) is 0.866. The third-order valence-corrected chi connectivity index (χ3v) is 4.44. The largest absolute Gasteiger partial charge is 0.497 e. The SMILES string of the molecule is COc1ccc([C@@H](CC(=O)NCc2ccccc2)c2ccccc2)cc1. The van der Waals surface area contributed by atoms with Crippen molar-refractivity contribution < 1.29 is 9.53 Å². The molecule has 0 aliphatic rings. The summed E-state index contributed by atoms with van der Waals surface area (Å²) < 4.78 is 5.24. The van der Waals surface area contributed by atoms with E-state index in [0.717, 1.165) is 22.4 Å². The van der Waals surface area contributed by atoms with Gasteiger partial charge in [0.05, 0.1) is 7.11 Å². The van der Waals surface area contributed by atoms with Gasteiger partial charge in [-0.15, -0.1) is 0 Å². The molecule has 0 saturated carbocycles. The van der Waals surface area contributed by atoms with E-state index in [1.54, 1.807) is 7.11 Å². The predicted molar refractivity (Wildman–Crippen MR) is 104 cm³/mol. The molecular weight excluding hydrogens is 322 g/mol. The Labute approximate surface area is 154 Å². The first kappa shape index (κ1) is 17.7. The number of carbonyl (C=O) groups excluding carboxylic acids is 1. The lowest BCUT2D eigenvalue weighted by atomic mass is 9.88. The summed E-state index contributed by atoms with van der Waals surface area (Å²) in [4.78, 5) is 12.6. The number of hydrogen-bond acceptors (Lipinski definition) is 2. The van der Waals surface area contributed by atoms with Gasteiger partial charge in [-0.25, -0.2) is 0 Å². The number of ether oxygens (including phenoxy) is 1. The van der Waals surface area contributed by atoms with Crippen LogP contribution in [0.1, 0.15) is 29.0 Å². The average molecular weight is 345 g/mol. The highest BCUT2D eigenvalue weighted by atomic mass is 16.5. The number of nitrogens with one attached hydrogen (secondary N) is 1. The summed E-state index contributed by atoms with van der Waals surface area (Å²) >= 11 is 0. The lowest BCUT2D eigenvalue weighted by Gasteiger charge is -2.18. The normalized spacial score (nSPS) is 11.6. The third kappa shape index (κ3) is 4.73. The highest BCUT2D eigenvalue weighted by Crippen LogP contribution is 2.29. The Bertz CT molecular complexity index is 814.